The van der Waals surface area contributed by atoms with Crippen LogP contribution in [0, 0.1) is 11.3 Å². The molecule has 4 N–H and O–H groups in total. The lowest BCUT2D eigenvalue weighted by Crippen LogP contribution is -2.60. The first-order chi connectivity index (χ1) is 24.6. The largest absolute Gasteiger partial charge is 0.497 e. The third-order valence-electron chi connectivity index (χ3n) is 9.82. The van der Waals surface area contributed by atoms with E-state index in [9.17, 15) is 32.7 Å². The van der Waals surface area contributed by atoms with Crippen LogP contribution in [0.3, 0.4) is 0 Å². The van der Waals surface area contributed by atoms with Gasteiger partial charge in [-0.25, -0.2) is 18.2 Å². The zero-order valence-electron chi connectivity index (χ0n) is 29.4. The molecule has 15 heteroatoms. The number of amides is 4. The van der Waals surface area contributed by atoms with Crippen molar-refractivity contribution in [2.75, 3.05) is 13.7 Å². The predicted molar refractivity (Wildman–Crippen MR) is 192 cm³/mol. The number of methoxy groups -OCH3 is 1. The van der Waals surface area contributed by atoms with Crippen molar-refractivity contribution in [2.24, 2.45) is 11.3 Å². The maximum atomic E-state index is 14.2. The molecule has 6 rings (SSSR count). The summed E-state index contributed by atoms with van der Waals surface area (Å²) in [5.41, 5.74) is -0.426. The number of carbonyl (C=O) groups excluding carboxylic acids is 3. The second kappa shape index (κ2) is 13.7. The monoisotopic (exact) mass is 733 g/mol. The predicted octanol–water partition coefficient (Wildman–Crippen LogP) is 3.61. The van der Waals surface area contributed by atoms with Gasteiger partial charge in [-0.3, -0.25) is 19.1 Å². The van der Waals surface area contributed by atoms with Crippen LogP contribution in [0.25, 0.3) is 22.2 Å². The average molecular weight is 734 g/mol. The van der Waals surface area contributed by atoms with Gasteiger partial charge in [0.1, 0.15) is 35.2 Å². The van der Waals surface area contributed by atoms with E-state index in [2.05, 4.69) is 21.9 Å². The minimum Gasteiger partial charge on any atom is -0.497 e. The number of hydrogen-bond donors (Lipinski definition) is 4. The maximum absolute atomic E-state index is 14.2. The van der Waals surface area contributed by atoms with E-state index in [-0.39, 0.29) is 19.4 Å². The van der Waals surface area contributed by atoms with Gasteiger partial charge in [0, 0.05) is 35.4 Å². The molecule has 2 aromatic carbocycles. The molecule has 14 nitrogen and oxygen atoms in total. The molecule has 2 saturated carbocycles. The number of aromatic nitrogens is 1. The molecule has 3 aliphatic rings. The molecule has 1 aromatic heterocycles. The van der Waals surface area contributed by atoms with Gasteiger partial charge in [0.05, 0.1) is 30.1 Å². The van der Waals surface area contributed by atoms with E-state index in [1.165, 1.54) is 11.0 Å². The van der Waals surface area contributed by atoms with E-state index in [0.717, 1.165) is 5.56 Å². The SMILES string of the molecule is C=CC1CC1(NC(=O)[C@@H]1C[C@@H](Oc2cc(-c3ccccc3)nc3cc(OC)ccc23)CN1C(=O)[C@@H](NC(=O)O)C(C)(C)C)C(=O)NS(=O)(=O)C1CC1. The lowest BCUT2D eigenvalue weighted by Gasteiger charge is -2.35. The van der Waals surface area contributed by atoms with Gasteiger partial charge < -0.3 is 30.1 Å². The molecule has 1 aliphatic heterocycles. The Morgan fingerprint density at radius 3 is 2.40 bits per heavy atom. The smallest absolute Gasteiger partial charge is 0.405 e. The number of nitrogens with one attached hydrogen (secondary N) is 3. The highest BCUT2D eigenvalue weighted by Crippen LogP contribution is 2.46. The number of fused-ring (bicyclic) bond motifs is 1. The number of hydrogen-bond acceptors (Lipinski definition) is 9. The Morgan fingerprint density at radius 2 is 1.81 bits per heavy atom. The zero-order chi connectivity index (χ0) is 37.6. The summed E-state index contributed by atoms with van der Waals surface area (Å²) in [4.78, 5) is 59.8. The number of likely N-dealkylation sites (tertiary alicyclic amines) is 1. The van der Waals surface area contributed by atoms with Crippen molar-refractivity contribution in [3.63, 3.8) is 0 Å². The Balaban J connectivity index is 1.34. The molecule has 2 unspecified atom stereocenters. The molecule has 3 aromatic rings. The van der Waals surface area contributed by atoms with Crippen molar-refractivity contribution in [1.29, 1.82) is 0 Å². The molecule has 0 radical (unpaired) electrons. The second-order valence-corrected chi connectivity index (χ2v) is 16.6. The number of ether oxygens (including phenoxy) is 2. The fraction of sp³-hybridized carbons (Fsp3) is 0.432. The summed E-state index contributed by atoms with van der Waals surface area (Å²) in [6.45, 7) is 8.76. The Bertz CT molecular complexity index is 2030. The van der Waals surface area contributed by atoms with Gasteiger partial charge in [-0.15, -0.1) is 6.58 Å². The molecule has 4 amide bonds. The molecular weight excluding hydrogens is 691 g/mol. The summed E-state index contributed by atoms with van der Waals surface area (Å²) < 4.78 is 39.5. The maximum Gasteiger partial charge on any atom is 0.405 e. The highest BCUT2D eigenvalue weighted by molar-refractivity contribution is 7.91. The Morgan fingerprint density at radius 1 is 1.10 bits per heavy atom. The fourth-order valence-corrected chi connectivity index (χ4v) is 8.03. The van der Waals surface area contributed by atoms with Gasteiger partial charge in [-0.1, -0.05) is 57.2 Å². The third kappa shape index (κ3) is 7.40. The number of rotatable bonds is 12. The third-order valence-corrected chi connectivity index (χ3v) is 11.6. The number of pyridine rings is 1. The first-order valence-corrected chi connectivity index (χ1v) is 18.6. The molecule has 0 spiro atoms. The van der Waals surface area contributed by atoms with E-state index < -0.39 is 74.1 Å². The van der Waals surface area contributed by atoms with Gasteiger partial charge in [-0.05, 0) is 36.8 Å². The second-order valence-electron chi connectivity index (χ2n) is 14.7. The highest BCUT2D eigenvalue weighted by Gasteiger charge is 2.62. The van der Waals surface area contributed by atoms with E-state index in [0.29, 0.717) is 40.9 Å². The van der Waals surface area contributed by atoms with E-state index in [1.807, 2.05) is 30.3 Å². The van der Waals surface area contributed by atoms with Crippen molar-refractivity contribution < 1.29 is 42.2 Å². The summed E-state index contributed by atoms with van der Waals surface area (Å²) >= 11 is 0. The summed E-state index contributed by atoms with van der Waals surface area (Å²) in [7, 11) is -2.36. The van der Waals surface area contributed by atoms with Crippen LogP contribution in [0.1, 0.15) is 46.5 Å². The lowest BCUT2D eigenvalue weighted by molar-refractivity contribution is -0.142. The number of nitrogens with zero attached hydrogens (tertiary/aromatic N) is 2. The van der Waals surface area contributed by atoms with Crippen molar-refractivity contribution in [3.8, 4) is 22.8 Å². The van der Waals surface area contributed by atoms with Gasteiger partial charge >= 0.3 is 6.09 Å². The van der Waals surface area contributed by atoms with Crippen LogP contribution in [0.2, 0.25) is 0 Å². The first kappa shape index (κ1) is 36.6. The van der Waals surface area contributed by atoms with Gasteiger partial charge in [0.2, 0.25) is 21.8 Å². The quantitative estimate of drug-likeness (QED) is 0.200. The van der Waals surface area contributed by atoms with Crippen LogP contribution in [-0.4, -0.2) is 89.9 Å². The van der Waals surface area contributed by atoms with Gasteiger partial charge in [0.25, 0.3) is 5.91 Å². The van der Waals surface area contributed by atoms with Crippen molar-refractivity contribution in [1.82, 2.24) is 25.2 Å². The van der Waals surface area contributed by atoms with Crippen LogP contribution in [0.4, 0.5) is 4.79 Å². The normalized spacial score (nSPS) is 23.3. The molecule has 3 fully saturated rings. The van der Waals surface area contributed by atoms with E-state index in [4.69, 9.17) is 14.5 Å². The van der Waals surface area contributed by atoms with Crippen LogP contribution >= 0.6 is 0 Å². The van der Waals surface area contributed by atoms with Crippen LogP contribution in [0.15, 0.2) is 67.3 Å². The lowest BCUT2D eigenvalue weighted by atomic mass is 9.85. The topological polar surface area (TPSA) is 193 Å². The Hall–Kier alpha value is -5.18. The number of carboxylic acid groups (broad SMARTS) is 1. The highest BCUT2D eigenvalue weighted by atomic mass is 32.2. The summed E-state index contributed by atoms with van der Waals surface area (Å²) in [6.07, 6.45) is 0.310. The van der Waals surface area contributed by atoms with Crippen LogP contribution < -0.4 is 24.8 Å². The average Bonchev–Trinajstić information content (AvgIpc) is 4.03. The zero-order valence-corrected chi connectivity index (χ0v) is 30.2. The number of sulfonamides is 1. The van der Waals surface area contributed by atoms with Crippen molar-refractivity contribution in [2.45, 2.75) is 75.4 Å². The molecule has 5 atom stereocenters. The minimum absolute atomic E-state index is 0.0149. The summed E-state index contributed by atoms with van der Waals surface area (Å²) in [6, 6.07) is 14.2. The molecule has 52 heavy (non-hydrogen) atoms. The molecule has 0 bridgehead atoms. The Labute approximate surface area is 302 Å². The van der Waals surface area contributed by atoms with E-state index in [1.54, 1.807) is 52.1 Å². The Kier molecular flexibility index (Phi) is 9.68. The van der Waals surface area contributed by atoms with E-state index >= 15 is 0 Å². The summed E-state index contributed by atoms with van der Waals surface area (Å²) in [5.74, 6) is -1.74. The molecule has 2 heterocycles. The number of carbonyl (C=O) groups is 4. The van der Waals surface area contributed by atoms with Crippen molar-refractivity contribution >= 4 is 44.7 Å². The standard InChI is InChI=1S/C37H43N5O9S/c1-6-22-19-37(22,34(45)41-52(48,49)25-13-14-25)40-32(43)29-17-24(20-42(29)33(44)31(36(2,3)4)39-35(46)47)51-30-18-27(21-10-8-7-9-11-21)38-28-16-23(50-5)12-15-26(28)30/h6-12,15-16,18,22,24-25,29,31,39H,1,13-14,17,19-20H2,2-5H3,(H,40,43)(H,41,45)(H,46,47)/t22?,24-,29+,31-,37?/m1/s1. The van der Waals surface area contributed by atoms with Crippen LogP contribution in [0.5, 0.6) is 11.5 Å². The molecule has 2 aliphatic carbocycles. The van der Waals surface area contributed by atoms with Crippen molar-refractivity contribution in [3.05, 3.63) is 67.3 Å². The van der Waals surface area contributed by atoms with Crippen LogP contribution in [-0.2, 0) is 24.4 Å². The molecule has 276 valence electrons. The molecular formula is C37H43N5O9S. The van der Waals surface area contributed by atoms with Gasteiger partial charge in [0.15, 0.2) is 0 Å². The molecule has 1 saturated heterocycles. The first-order valence-electron chi connectivity index (χ1n) is 17.1. The van der Waals surface area contributed by atoms with Gasteiger partial charge in [-0.2, -0.15) is 0 Å². The fourth-order valence-electron chi connectivity index (χ4n) is 6.67. The minimum atomic E-state index is -3.92. The summed E-state index contributed by atoms with van der Waals surface area (Å²) in [5, 5.41) is 14.7. The number of benzene rings is 2.